The van der Waals surface area contributed by atoms with Crippen LogP contribution in [0.25, 0.3) is 0 Å². The van der Waals surface area contributed by atoms with E-state index in [-0.39, 0.29) is 18.9 Å². The first-order chi connectivity index (χ1) is 7.88. The van der Waals surface area contributed by atoms with Crippen LogP contribution < -0.4 is 0 Å². The first-order valence-electron chi connectivity index (χ1n) is 4.87. The van der Waals surface area contributed by atoms with Gasteiger partial charge in [-0.15, -0.1) is 0 Å². The Morgan fingerprint density at radius 2 is 1.76 bits per heavy atom. The zero-order chi connectivity index (χ0) is 12.6. The Kier molecular flexibility index (Phi) is 2.96. The number of carbonyl (C=O) groups is 1. The molecule has 0 radical (unpaired) electrons. The molecule has 0 atom stereocenters. The minimum atomic E-state index is -4.70. The van der Waals surface area contributed by atoms with Crippen molar-refractivity contribution in [1.82, 2.24) is 4.31 Å². The van der Waals surface area contributed by atoms with Crippen LogP contribution in [0.15, 0.2) is 24.3 Å². The van der Waals surface area contributed by atoms with E-state index in [1.807, 2.05) is 0 Å². The fraction of sp³-hybridized carbons (Fsp3) is 0.300. The van der Waals surface area contributed by atoms with E-state index in [1.165, 1.54) is 12.1 Å². The van der Waals surface area contributed by atoms with Gasteiger partial charge in [-0.3, -0.25) is 4.79 Å². The van der Waals surface area contributed by atoms with Gasteiger partial charge in [0.15, 0.2) is 5.78 Å². The topological polar surface area (TPSA) is 54.5 Å². The summed E-state index contributed by atoms with van der Waals surface area (Å²) in [6.45, 7) is -0.315. The standard InChI is InChI=1S/C10H9F2NO3S/c11-9-3-1-7(2-4-9)10(14)8-5-13(6-8)17(12,15)16/h1-4,8H,5-6H2. The summed E-state index contributed by atoms with van der Waals surface area (Å²) in [5.74, 6) is -1.31. The van der Waals surface area contributed by atoms with Gasteiger partial charge in [0, 0.05) is 18.7 Å². The third-order valence-corrected chi connectivity index (χ3v) is 3.57. The number of ketones is 1. The molecule has 1 saturated heterocycles. The smallest absolute Gasteiger partial charge is 0.294 e. The van der Waals surface area contributed by atoms with Crippen molar-refractivity contribution in [1.29, 1.82) is 0 Å². The summed E-state index contributed by atoms with van der Waals surface area (Å²) in [6, 6.07) is 4.94. The fourth-order valence-electron chi connectivity index (χ4n) is 1.63. The summed E-state index contributed by atoms with van der Waals surface area (Å²) >= 11 is 0. The monoisotopic (exact) mass is 261 g/mol. The van der Waals surface area contributed by atoms with Gasteiger partial charge >= 0.3 is 10.4 Å². The predicted octanol–water partition coefficient (Wildman–Crippen LogP) is 1.15. The zero-order valence-corrected chi connectivity index (χ0v) is 9.45. The molecule has 0 bridgehead atoms. The average molecular weight is 261 g/mol. The lowest BCUT2D eigenvalue weighted by atomic mass is 9.93. The summed E-state index contributed by atoms with van der Waals surface area (Å²) in [5, 5.41) is 0. The van der Waals surface area contributed by atoms with Gasteiger partial charge in [-0.1, -0.05) is 3.89 Å². The molecule has 7 heteroatoms. The van der Waals surface area contributed by atoms with E-state index in [0.29, 0.717) is 9.87 Å². The maximum Gasteiger partial charge on any atom is 0.374 e. The van der Waals surface area contributed by atoms with E-state index in [1.54, 1.807) is 0 Å². The molecule has 2 rings (SSSR count). The Bertz CT molecular complexity index is 535. The molecule has 1 heterocycles. The molecule has 0 aliphatic carbocycles. The van der Waals surface area contributed by atoms with Crippen LogP contribution in [-0.2, 0) is 10.4 Å². The molecule has 1 aliphatic rings. The van der Waals surface area contributed by atoms with Crippen molar-refractivity contribution in [3.8, 4) is 0 Å². The molecule has 0 aromatic heterocycles. The summed E-state index contributed by atoms with van der Waals surface area (Å²) in [5.41, 5.74) is 0.298. The maximum atomic E-state index is 12.6. The highest BCUT2D eigenvalue weighted by Gasteiger charge is 2.39. The van der Waals surface area contributed by atoms with Crippen LogP contribution in [-0.4, -0.2) is 31.6 Å². The number of nitrogens with zero attached hydrogens (tertiary/aromatic N) is 1. The zero-order valence-electron chi connectivity index (χ0n) is 8.64. The van der Waals surface area contributed by atoms with E-state index in [0.717, 1.165) is 12.1 Å². The van der Waals surface area contributed by atoms with Crippen molar-refractivity contribution >= 4 is 16.2 Å². The average Bonchev–Trinajstić information content (AvgIpc) is 2.13. The Balaban J connectivity index is 2.03. The SMILES string of the molecule is O=C(c1ccc(F)cc1)C1CN(S(=O)(=O)F)C1. The van der Waals surface area contributed by atoms with Crippen molar-refractivity contribution in [2.75, 3.05) is 13.1 Å². The summed E-state index contributed by atoms with van der Waals surface area (Å²) < 4.78 is 46.6. The van der Waals surface area contributed by atoms with Crippen LogP contribution in [0.3, 0.4) is 0 Å². The summed E-state index contributed by atoms with van der Waals surface area (Å²) in [4.78, 5) is 11.7. The van der Waals surface area contributed by atoms with Crippen molar-refractivity contribution in [3.05, 3.63) is 35.6 Å². The van der Waals surface area contributed by atoms with Crippen LogP contribution in [0.2, 0.25) is 0 Å². The molecule has 0 N–H and O–H groups in total. The van der Waals surface area contributed by atoms with Gasteiger partial charge in [0.05, 0.1) is 5.92 Å². The first-order valence-corrected chi connectivity index (χ1v) is 6.21. The van der Waals surface area contributed by atoms with Gasteiger partial charge in [-0.25, -0.2) is 4.39 Å². The highest BCUT2D eigenvalue weighted by molar-refractivity contribution is 7.84. The number of hydrogen-bond donors (Lipinski definition) is 0. The van der Waals surface area contributed by atoms with E-state index in [4.69, 9.17) is 0 Å². The normalized spacial score (nSPS) is 17.8. The van der Waals surface area contributed by atoms with Gasteiger partial charge in [0.2, 0.25) is 0 Å². The number of Topliss-reactive ketones (excluding diaryl/α,β-unsaturated/α-hetero) is 1. The molecule has 0 unspecified atom stereocenters. The van der Waals surface area contributed by atoms with E-state index < -0.39 is 22.1 Å². The number of rotatable bonds is 3. The lowest BCUT2D eigenvalue weighted by molar-refractivity contribution is 0.0792. The maximum absolute atomic E-state index is 12.6. The molecule has 0 saturated carbocycles. The molecule has 1 fully saturated rings. The lowest BCUT2D eigenvalue weighted by Gasteiger charge is -2.34. The van der Waals surface area contributed by atoms with Crippen LogP contribution in [0.5, 0.6) is 0 Å². The number of halogens is 2. The van der Waals surface area contributed by atoms with Crippen LogP contribution >= 0.6 is 0 Å². The third-order valence-electron chi connectivity index (χ3n) is 2.66. The predicted molar refractivity (Wildman–Crippen MR) is 55.8 cm³/mol. The quantitative estimate of drug-likeness (QED) is 0.606. The summed E-state index contributed by atoms with van der Waals surface area (Å²) in [6.07, 6.45) is 0. The largest absolute Gasteiger partial charge is 0.374 e. The fourth-order valence-corrected chi connectivity index (χ4v) is 2.35. The minimum Gasteiger partial charge on any atom is -0.294 e. The van der Waals surface area contributed by atoms with E-state index in [9.17, 15) is 21.5 Å². The van der Waals surface area contributed by atoms with E-state index >= 15 is 0 Å². The van der Waals surface area contributed by atoms with Gasteiger partial charge < -0.3 is 0 Å². The van der Waals surface area contributed by atoms with Crippen molar-refractivity contribution < 1.29 is 21.5 Å². The van der Waals surface area contributed by atoms with Crippen molar-refractivity contribution in [3.63, 3.8) is 0 Å². The number of carbonyl (C=O) groups excluding carboxylic acids is 1. The summed E-state index contributed by atoms with van der Waals surface area (Å²) in [7, 11) is -4.70. The molecular weight excluding hydrogens is 252 g/mol. The molecule has 17 heavy (non-hydrogen) atoms. The van der Waals surface area contributed by atoms with Crippen LogP contribution in [0.4, 0.5) is 8.28 Å². The second-order valence-corrected chi connectivity index (χ2v) is 5.17. The highest BCUT2D eigenvalue weighted by Crippen LogP contribution is 2.24. The molecule has 4 nitrogen and oxygen atoms in total. The Labute approximate surface area is 97.2 Å². The van der Waals surface area contributed by atoms with Crippen molar-refractivity contribution in [2.24, 2.45) is 5.92 Å². The van der Waals surface area contributed by atoms with Gasteiger partial charge in [0.25, 0.3) is 0 Å². The second kappa shape index (κ2) is 4.15. The third kappa shape index (κ3) is 2.50. The van der Waals surface area contributed by atoms with Gasteiger partial charge in [-0.2, -0.15) is 12.7 Å². The molecule has 0 amide bonds. The van der Waals surface area contributed by atoms with Crippen molar-refractivity contribution in [2.45, 2.75) is 0 Å². The van der Waals surface area contributed by atoms with Gasteiger partial charge in [-0.05, 0) is 24.3 Å². The highest BCUT2D eigenvalue weighted by atomic mass is 32.3. The molecule has 1 aromatic rings. The van der Waals surface area contributed by atoms with Gasteiger partial charge in [0.1, 0.15) is 5.82 Å². The van der Waals surface area contributed by atoms with Crippen LogP contribution in [0, 0.1) is 11.7 Å². The molecule has 1 aromatic carbocycles. The molecule has 1 aliphatic heterocycles. The van der Waals surface area contributed by atoms with Crippen LogP contribution in [0.1, 0.15) is 10.4 Å². The Morgan fingerprint density at radius 1 is 1.24 bits per heavy atom. The Morgan fingerprint density at radius 3 is 2.24 bits per heavy atom. The van der Waals surface area contributed by atoms with E-state index in [2.05, 4.69) is 0 Å². The second-order valence-electron chi connectivity index (χ2n) is 3.83. The molecule has 0 spiro atoms. The Hall–Kier alpha value is -1.34. The lowest BCUT2D eigenvalue weighted by Crippen LogP contribution is -2.51. The first kappa shape index (κ1) is 12.1. The molecule has 92 valence electrons. The minimum absolute atomic E-state index is 0.158. The number of hydrogen-bond acceptors (Lipinski definition) is 3. The molecular formula is C10H9F2NO3S. The number of benzene rings is 1.